The van der Waals surface area contributed by atoms with E-state index in [2.05, 4.69) is 0 Å². The van der Waals surface area contributed by atoms with Crippen LogP contribution >= 0.6 is 0 Å². The molecular weight excluding hydrogens is 176 g/mol. The zero-order chi connectivity index (χ0) is 10.3. The van der Waals surface area contributed by atoms with Crippen LogP contribution in [0.4, 0.5) is 8.78 Å². The van der Waals surface area contributed by atoms with Gasteiger partial charge in [-0.2, -0.15) is 0 Å². The standard InChI is InChI=1S/C9H15F2NO/c1-4-8(2,3)7(13)12-5-9(10,11)6-12/h4-6H2,1-3H3. The van der Waals surface area contributed by atoms with E-state index in [0.717, 1.165) is 0 Å². The van der Waals surface area contributed by atoms with Crippen LogP contribution in [0, 0.1) is 5.41 Å². The predicted molar refractivity (Wildman–Crippen MR) is 45.6 cm³/mol. The monoisotopic (exact) mass is 191 g/mol. The van der Waals surface area contributed by atoms with Gasteiger partial charge in [-0.25, -0.2) is 8.78 Å². The minimum absolute atomic E-state index is 0.166. The van der Waals surface area contributed by atoms with E-state index in [9.17, 15) is 13.6 Å². The van der Waals surface area contributed by atoms with Crippen LogP contribution in [-0.2, 0) is 4.79 Å². The van der Waals surface area contributed by atoms with Crippen LogP contribution in [0.25, 0.3) is 0 Å². The van der Waals surface area contributed by atoms with Gasteiger partial charge in [0, 0.05) is 5.41 Å². The summed E-state index contributed by atoms with van der Waals surface area (Å²) in [6.07, 6.45) is 0.675. The Balaban J connectivity index is 2.53. The van der Waals surface area contributed by atoms with E-state index in [0.29, 0.717) is 6.42 Å². The number of carbonyl (C=O) groups is 1. The van der Waals surface area contributed by atoms with Crippen LogP contribution in [-0.4, -0.2) is 29.8 Å². The molecule has 0 unspecified atom stereocenters. The Hall–Kier alpha value is -0.670. The van der Waals surface area contributed by atoms with E-state index in [-0.39, 0.29) is 5.91 Å². The lowest BCUT2D eigenvalue weighted by Gasteiger charge is -2.42. The molecule has 0 radical (unpaired) electrons. The van der Waals surface area contributed by atoms with Crippen molar-refractivity contribution in [1.82, 2.24) is 4.90 Å². The van der Waals surface area contributed by atoms with E-state index >= 15 is 0 Å². The molecule has 2 nitrogen and oxygen atoms in total. The lowest BCUT2D eigenvalue weighted by molar-refractivity contribution is -0.174. The molecule has 4 heteroatoms. The van der Waals surface area contributed by atoms with Gasteiger partial charge in [0.05, 0.1) is 13.1 Å². The highest BCUT2D eigenvalue weighted by Gasteiger charge is 2.48. The zero-order valence-electron chi connectivity index (χ0n) is 8.23. The fourth-order valence-electron chi connectivity index (χ4n) is 1.24. The summed E-state index contributed by atoms with van der Waals surface area (Å²) in [4.78, 5) is 12.8. The molecule has 0 aromatic heterocycles. The maximum Gasteiger partial charge on any atom is 0.282 e. The fourth-order valence-corrected chi connectivity index (χ4v) is 1.24. The SMILES string of the molecule is CCC(C)(C)C(=O)N1CC(F)(F)C1. The van der Waals surface area contributed by atoms with Crippen molar-refractivity contribution in [2.45, 2.75) is 33.1 Å². The number of alkyl halides is 2. The number of carbonyl (C=O) groups excluding carboxylic acids is 1. The van der Waals surface area contributed by atoms with Crippen LogP contribution in [0.2, 0.25) is 0 Å². The summed E-state index contributed by atoms with van der Waals surface area (Å²) in [5, 5.41) is 0. The Labute approximate surface area is 76.9 Å². The van der Waals surface area contributed by atoms with Crippen molar-refractivity contribution in [3.8, 4) is 0 Å². The maximum absolute atomic E-state index is 12.4. The molecule has 1 heterocycles. The number of likely N-dealkylation sites (tertiary alicyclic amines) is 1. The molecule has 0 aromatic rings. The summed E-state index contributed by atoms with van der Waals surface area (Å²) in [6, 6.07) is 0. The average Bonchev–Trinajstić information content (AvgIpc) is 1.98. The Kier molecular flexibility index (Phi) is 2.34. The molecule has 0 spiro atoms. The normalized spacial score (nSPS) is 21.2. The predicted octanol–water partition coefficient (Wildman–Crippen LogP) is 1.90. The molecule has 0 aliphatic carbocycles. The van der Waals surface area contributed by atoms with Gasteiger partial charge in [0.2, 0.25) is 5.91 Å². The first kappa shape index (κ1) is 10.4. The van der Waals surface area contributed by atoms with Crippen LogP contribution < -0.4 is 0 Å². The third kappa shape index (κ3) is 1.98. The van der Waals surface area contributed by atoms with Gasteiger partial charge in [0.25, 0.3) is 5.92 Å². The van der Waals surface area contributed by atoms with E-state index in [4.69, 9.17) is 0 Å². The van der Waals surface area contributed by atoms with Gasteiger partial charge in [0.1, 0.15) is 0 Å². The van der Waals surface area contributed by atoms with Gasteiger partial charge in [-0.15, -0.1) is 0 Å². The number of rotatable bonds is 2. The van der Waals surface area contributed by atoms with Crippen molar-refractivity contribution in [3.05, 3.63) is 0 Å². The Morgan fingerprint density at radius 1 is 1.46 bits per heavy atom. The van der Waals surface area contributed by atoms with Crippen LogP contribution in [0.1, 0.15) is 27.2 Å². The first-order valence-electron chi connectivity index (χ1n) is 4.46. The molecule has 0 N–H and O–H groups in total. The van der Waals surface area contributed by atoms with Crippen molar-refractivity contribution >= 4 is 5.91 Å². The van der Waals surface area contributed by atoms with Crippen molar-refractivity contribution < 1.29 is 13.6 Å². The fraction of sp³-hybridized carbons (Fsp3) is 0.889. The average molecular weight is 191 g/mol. The highest BCUT2D eigenvalue weighted by molar-refractivity contribution is 5.82. The maximum atomic E-state index is 12.4. The van der Waals surface area contributed by atoms with Gasteiger partial charge in [-0.3, -0.25) is 4.79 Å². The van der Waals surface area contributed by atoms with E-state index in [1.54, 1.807) is 13.8 Å². The largest absolute Gasteiger partial charge is 0.330 e. The van der Waals surface area contributed by atoms with Crippen molar-refractivity contribution in [3.63, 3.8) is 0 Å². The van der Waals surface area contributed by atoms with Crippen LogP contribution in [0.3, 0.4) is 0 Å². The molecule has 1 amide bonds. The first-order chi connectivity index (χ1) is 5.78. The number of hydrogen-bond donors (Lipinski definition) is 0. The minimum Gasteiger partial charge on any atom is -0.330 e. The van der Waals surface area contributed by atoms with Crippen molar-refractivity contribution in [2.75, 3.05) is 13.1 Å². The molecular formula is C9H15F2NO. The summed E-state index contributed by atoms with van der Waals surface area (Å²) in [5.74, 6) is -2.82. The Bertz CT molecular complexity index is 218. The Morgan fingerprint density at radius 2 is 1.92 bits per heavy atom. The summed E-state index contributed by atoms with van der Waals surface area (Å²) in [5.41, 5.74) is -0.503. The molecule has 1 aliphatic heterocycles. The van der Waals surface area contributed by atoms with Gasteiger partial charge in [-0.05, 0) is 6.42 Å². The van der Waals surface area contributed by atoms with E-state index < -0.39 is 24.4 Å². The second-order valence-corrected chi connectivity index (χ2v) is 4.25. The second kappa shape index (κ2) is 2.93. The van der Waals surface area contributed by atoms with Crippen molar-refractivity contribution in [2.24, 2.45) is 5.41 Å². The number of hydrogen-bond acceptors (Lipinski definition) is 1. The van der Waals surface area contributed by atoms with Gasteiger partial charge < -0.3 is 4.90 Å². The molecule has 1 rings (SSSR count). The quantitative estimate of drug-likeness (QED) is 0.652. The molecule has 0 atom stereocenters. The van der Waals surface area contributed by atoms with E-state index in [1.807, 2.05) is 6.92 Å². The lowest BCUT2D eigenvalue weighted by Crippen LogP contribution is -2.61. The summed E-state index contributed by atoms with van der Waals surface area (Å²) < 4.78 is 24.9. The van der Waals surface area contributed by atoms with Gasteiger partial charge in [-0.1, -0.05) is 20.8 Å². The first-order valence-corrected chi connectivity index (χ1v) is 4.46. The topological polar surface area (TPSA) is 20.3 Å². The van der Waals surface area contributed by atoms with Crippen molar-refractivity contribution in [1.29, 1.82) is 0 Å². The smallest absolute Gasteiger partial charge is 0.282 e. The zero-order valence-corrected chi connectivity index (χ0v) is 8.23. The van der Waals surface area contributed by atoms with Gasteiger partial charge in [0.15, 0.2) is 0 Å². The second-order valence-electron chi connectivity index (χ2n) is 4.25. The molecule has 0 saturated carbocycles. The molecule has 0 aromatic carbocycles. The Morgan fingerprint density at radius 3 is 2.23 bits per heavy atom. The molecule has 1 saturated heterocycles. The molecule has 13 heavy (non-hydrogen) atoms. The number of halogens is 2. The number of amides is 1. The highest BCUT2D eigenvalue weighted by atomic mass is 19.3. The minimum atomic E-state index is -2.65. The summed E-state index contributed by atoms with van der Waals surface area (Å²) in [7, 11) is 0. The van der Waals surface area contributed by atoms with E-state index in [1.165, 1.54) is 4.90 Å². The third-order valence-electron chi connectivity index (χ3n) is 2.59. The molecule has 1 fully saturated rings. The highest BCUT2D eigenvalue weighted by Crippen LogP contribution is 2.32. The van der Waals surface area contributed by atoms with Crippen LogP contribution in [0.5, 0.6) is 0 Å². The van der Waals surface area contributed by atoms with Crippen LogP contribution in [0.15, 0.2) is 0 Å². The lowest BCUT2D eigenvalue weighted by atomic mass is 9.87. The van der Waals surface area contributed by atoms with Gasteiger partial charge >= 0.3 is 0 Å². The molecule has 1 aliphatic rings. The number of nitrogens with zero attached hydrogens (tertiary/aromatic N) is 1. The third-order valence-corrected chi connectivity index (χ3v) is 2.59. The summed E-state index contributed by atoms with van der Waals surface area (Å²) >= 11 is 0. The molecule has 76 valence electrons. The molecule has 0 bridgehead atoms. The summed E-state index contributed by atoms with van der Waals surface area (Å²) in [6.45, 7) is 4.64.